The van der Waals surface area contributed by atoms with E-state index in [0.29, 0.717) is 0 Å². The van der Waals surface area contributed by atoms with E-state index in [-0.39, 0.29) is 12.4 Å². The fourth-order valence-electron chi connectivity index (χ4n) is 3.63. The Labute approximate surface area is 169 Å². The minimum atomic E-state index is 0. The Morgan fingerprint density at radius 1 is 0.731 bits per heavy atom. The Morgan fingerprint density at radius 3 is 1.65 bits per heavy atom. The highest BCUT2D eigenvalue weighted by Gasteiger charge is 2.16. The second-order valence-corrected chi connectivity index (χ2v) is 7.52. The van der Waals surface area contributed by atoms with Crippen molar-refractivity contribution in [3.05, 3.63) is 0 Å². The monoisotopic (exact) mass is 388 g/mol. The van der Waals surface area contributed by atoms with Gasteiger partial charge in [0.2, 0.25) is 0 Å². The summed E-state index contributed by atoms with van der Waals surface area (Å²) in [6.07, 6.45) is 22.4. The first-order chi connectivity index (χ1) is 12.4. The number of hydroxylamine groups is 2. The van der Waals surface area contributed by atoms with Crippen LogP contribution in [-0.4, -0.2) is 30.6 Å². The van der Waals surface area contributed by atoms with Crippen LogP contribution in [0.2, 0.25) is 0 Å². The molecule has 0 saturated heterocycles. The summed E-state index contributed by atoms with van der Waals surface area (Å²) in [5, 5.41) is 2.00. The number of unbranched alkanes of at least 4 members (excludes halogenated alkanes) is 14. The number of rotatable bonds is 18. The highest BCUT2D eigenvalue weighted by Crippen LogP contribution is 2.15. The van der Waals surface area contributed by atoms with Gasteiger partial charge < -0.3 is 0 Å². The lowest BCUT2D eigenvalue weighted by atomic mass is 10.0. The number of hydrogen-bond acceptors (Lipinski definition) is 3. The average molecular weight is 389 g/mol. The first kappa shape index (κ1) is 25.7. The van der Waals surface area contributed by atoms with Crippen LogP contribution in [0.1, 0.15) is 117 Å². The van der Waals surface area contributed by atoms with Crippen molar-refractivity contribution in [2.75, 3.05) is 19.7 Å². The molecule has 0 spiro atoms. The third kappa shape index (κ3) is 13.9. The van der Waals surface area contributed by atoms with E-state index in [9.17, 15) is 0 Å². The van der Waals surface area contributed by atoms with Gasteiger partial charge in [0.25, 0.3) is 0 Å². The van der Waals surface area contributed by atoms with Crippen molar-refractivity contribution in [2.45, 2.75) is 117 Å². The Balaban J connectivity index is 0.00000625. The standard InChI is InChI=1S/C22H44N2O.ClH/c1-3-5-6-7-8-9-10-11-12-13-14-15-16-17-18-19-22-23-20-21-24(22)25-4-2;/h3-21H2,1-2H3;1H. The fraction of sp³-hybridized carbons (Fsp3) is 0.955. The normalized spacial score (nSPS) is 13.8. The summed E-state index contributed by atoms with van der Waals surface area (Å²) >= 11 is 0. The van der Waals surface area contributed by atoms with Crippen molar-refractivity contribution >= 4 is 18.2 Å². The van der Waals surface area contributed by atoms with E-state index in [4.69, 9.17) is 4.84 Å². The Morgan fingerprint density at radius 2 is 1.19 bits per heavy atom. The second kappa shape index (κ2) is 19.5. The molecular weight excluding hydrogens is 344 g/mol. The largest absolute Gasteiger partial charge is 0.273 e. The zero-order chi connectivity index (χ0) is 18.0. The molecule has 0 amide bonds. The van der Waals surface area contributed by atoms with Gasteiger partial charge in [-0.1, -0.05) is 96.8 Å². The highest BCUT2D eigenvalue weighted by atomic mass is 35.5. The van der Waals surface area contributed by atoms with E-state index < -0.39 is 0 Å². The topological polar surface area (TPSA) is 24.8 Å². The Bertz CT molecular complexity index is 323. The third-order valence-corrected chi connectivity index (χ3v) is 5.17. The Hall–Kier alpha value is -0.280. The van der Waals surface area contributed by atoms with Gasteiger partial charge in [-0.15, -0.1) is 12.4 Å². The van der Waals surface area contributed by atoms with E-state index in [1.165, 1.54) is 102 Å². The maximum absolute atomic E-state index is 5.59. The number of hydrogen-bond donors (Lipinski definition) is 0. The molecule has 0 atom stereocenters. The minimum absolute atomic E-state index is 0. The molecule has 4 heteroatoms. The number of aliphatic imine (C=N–C) groups is 1. The molecule has 0 aromatic heterocycles. The molecule has 0 unspecified atom stereocenters. The van der Waals surface area contributed by atoms with Crippen molar-refractivity contribution in [3.63, 3.8) is 0 Å². The van der Waals surface area contributed by atoms with E-state index in [2.05, 4.69) is 11.9 Å². The summed E-state index contributed by atoms with van der Waals surface area (Å²) in [5.74, 6) is 1.18. The van der Waals surface area contributed by atoms with Gasteiger partial charge >= 0.3 is 0 Å². The second-order valence-electron chi connectivity index (χ2n) is 7.52. The van der Waals surface area contributed by atoms with Crippen LogP contribution in [0.15, 0.2) is 4.99 Å². The molecular formula is C22H45ClN2O. The molecule has 1 aliphatic rings. The van der Waals surface area contributed by atoms with Gasteiger partial charge in [0.05, 0.1) is 19.7 Å². The third-order valence-electron chi connectivity index (χ3n) is 5.17. The van der Waals surface area contributed by atoms with E-state index >= 15 is 0 Å². The van der Waals surface area contributed by atoms with Crippen LogP contribution in [0.25, 0.3) is 0 Å². The van der Waals surface area contributed by atoms with Gasteiger partial charge in [-0.05, 0) is 13.3 Å². The maximum atomic E-state index is 5.59. The SMILES string of the molecule is CCCCCCCCCCCCCCCCCC1=NCCN1OCC.Cl. The van der Waals surface area contributed by atoms with Crippen molar-refractivity contribution in [2.24, 2.45) is 4.99 Å². The quantitative estimate of drug-likeness (QED) is 0.229. The van der Waals surface area contributed by atoms with Crippen molar-refractivity contribution in [1.29, 1.82) is 0 Å². The predicted molar refractivity (Wildman–Crippen MR) is 117 cm³/mol. The maximum Gasteiger partial charge on any atom is 0.123 e. The molecule has 0 aromatic rings. The van der Waals surface area contributed by atoms with E-state index in [1.807, 2.05) is 12.0 Å². The lowest BCUT2D eigenvalue weighted by Crippen LogP contribution is -2.27. The summed E-state index contributed by atoms with van der Waals surface area (Å²) in [4.78, 5) is 10.1. The van der Waals surface area contributed by atoms with Gasteiger partial charge in [0.1, 0.15) is 5.84 Å². The fourth-order valence-corrected chi connectivity index (χ4v) is 3.63. The average Bonchev–Trinajstić information content (AvgIpc) is 3.06. The van der Waals surface area contributed by atoms with Crippen molar-refractivity contribution in [3.8, 4) is 0 Å². The Kier molecular flexibility index (Phi) is 19.3. The van der Waals surface area contributed by atoms with Gasteiger partial charge in [-0.25, -0.2) is 5.06 Å². The first-order valence-corrected chi connectivity index (χ1v) is 11.3. The highest BCUT2D eigenvalue weighted by molar-refractivity contribution is 5.85. The molecule has 156 valence electrons. The van der Waals surface area contributed by atoms with Gasteiger partial charge in [0.15, 0.2) is 0 Å². The number of nitrogens with zero attached hydrogens (tertiary/aromatic N) is 2. The van der Waals surface area contributed by atoms with E-state index in [1.54, 1.807) is 0 Å². The van der Waals surface area contributed by atoms with E-state index in [0.717, 1.165) is 26.1 Å². The van der Waals surface area contributed by atoms with Crippen LogP contribution in [0, 0.1) is 0 Å². The minimum Gasteiger partial charge on any atom is -0.273 e. The molecule has 1 heterocycles. The number of halogens is 1. The summed E-state index contributed by atoms with van der Waals surface area (Å²) in [6, 6.07) is 0. The van der Waals surface area contributed by atoms with Crippen LogP contribution in [-0.2, 0) is 4.84 Å². The van der Waals surface area contributed by atoms with Crippen LogP contribution < -0.4 is 0 Å². The summed E-state index contributed by atoms with van der Waals surface area (Å²) in [5.41, 5.74) is 0. The lowest BCUT2D eigenvalue weighted by Gasteiger charge is -2.18. The first-order valence-electron chi connectivity index (χ1n) is 11.3. The summed E-state index contributed by atoms with van der Waals surface area (Å²) in [6.45, 7) is 6.94. The molecule has 0 bridgehead atoms. The van der Waals surface area contributed by atoms with Crippen LogP contribution in [0.5, 0.6) is 0 Å². The summed E-state index contributed by atoms with van der Waals surface area (Å²) < 4.78 is 0. The predicted octanol–water partition coefficient (Wildman–Crippen LogP) is 7.34. The molecule has 0 radical (unpaired) electrons. The lowest BCUT2D eigenvalue weighted by molar-refractivity contribution is -0.0864. The molecule has 0 aromatic carbocycles. The molecule has 1 aliphatic heterocycles. The van der Waals surface area contributed by atoms with Crippen molar-refractivity contribution < 1.29 is 4.84 Å². The zero-order valence-electron chi connectivity index (χ0n) is 17.6. The van der Waals surface area contributed by atoms with Gasteiger partial charge in [-0.2, -0.15) is 0 Å². The van der Waals surface area contributed by atoms with Gasteiger partial charge in [0, 0.05) is 6.42 Å². The van der Waals surface area contributed by atoms with Crippen LogP contribution in [0.4, 0.5) is 0 Å². The molecule has 0 fully saturated rings. The van der Waals surface area contributed by atoms with Crippen LogP contribution >= 0.6 is 12.4 Å². The molecule has 26 heavy (non-hydrogen) atoms. The molecule has 0 saturated carbocycles. The molecule has 0 N–H and O–H groups in total. The summed E-state index contributed by atoms with van der Waals surface area (Å²) in [7, 11) is 0. The zero-order valence-corrected chi connectivity index (χ0v) is 18.5. The number of amidine groups is 1. The molecule has 0 aliphatic carbocycles. The molecule has 3 nitrogen and oxygen atoms in total. The molecule has 1 rings (SSSR count). The smallest absolute Gasteiger partial charge is 0.123 e. The van der Waals surface area contributed by atoms with Gasteiger partial charge in [-0.3, -0.25) is 9.83 Å². The van der Waals surface area contributed by atoms with Crippen LogP contribution in [0.3, 0.4) is 0 Å². The van der Waals surface area contributed by atoms with Crippen molar-refractivity contribution in [1.82, 2.24) is 5.06 Å².